The maximum absolute atomic E-state index is 11.5. The third-order valence-corrected chi connectivity index (χ3v) is 2.89. The maximum Gasteiger partial charge on any atom is 0.339 e. The Morgan fingerprint density at radius 2 is 2.16 bits per heavy atom. The van der Waals surface area contributed by atoms with Crippen LogP contribution in [0, 0.1) is 0 Å². The number of benzene rings is 1. The summed E-state index contributed by atoms with van der Waals surface area (Å²) >= 11 is 1.63. The molecule has 7 heteroatoms. The van der Waals surface area contributed by atoms with Gasteiger partial charge in [-0.05, 0) is 18.4 Å². The van der Waals surface area contributed by atoms with Crippen molar-refractivity contribution in [1.82, 2.24) is 5.32 Å². The quantitative estimate of drug-likeness (QED) is 0.694. The molecule has 3 N–H and O–H groups in total. The van der Waals surface area contributed by atoms with Gasteiger partial charge < -0.3 is 20.5 Å². The topological polar surface area (TPSA) is 87.7 Å². The Hall–Kier alpha value is -1.89. The molecule has 0 bridgehead atoms. The van der Waals surface area contributed by atoms with Gasteiger partial charge in [-0.1, -0.05) is 0 Å². The molecule has 2 amide bonds. The number of ether oxygens (including phenoxy) is 1. The summed E-state index contributed by atoms with van der Waals surface area (Å²) in [5.74, 6) is -0.0449. The smallest absolute Gasteiger partial charge is 0.339 e. The zero-order valence-corrected chi connectivity index (χ0v) is 11.5. The number of carbonyl (C=O) groups is 2. The summed E-state index contributed by atoms with van der Waals surface area (Å²) < 4.78 is 4.97. The van der Waals surface area contributed by atoms with E-state index in [0.29, 0.717) is 12.2 Å². The van der Waals surface area contributed by atoms with Crippen LogP contribution in [-0.4, -0.2) is 42.8 Å². The summed E-state index contributed by atoms with van der Waals surface area (Å²) in [7, 11) is 1.38. The van der Waals surface area contributed by atoms with E-state index in [2.05, 4.69) is 10.6 Å². The van der Waals surface area contributed by atoms with Gasteiger partial charge in [-0.25, -0.2) is 9.59 Å². The molecule has 0 saturated heterocycles. The van der Waals surface area contributed by atoms with Gasteiger partial charge in [0.05, 0.1) is 7.11 Å². The molecule has 0 fully saturated rings. The molecule has 0 aliphatic carbocycles. The molecule has 0 heterocycles. The second-order valence-corrected chi connectivity index (χ2v) is 4.58. The van der Waals surface area contributed by atoms with E-state index in [0.717, 1.165) is 5.75 Å². The number of hydrogen-bond donors (Lipinski definition) is 3. The summed E-state index contributed by atoms with van der Waals surface area (Å²) in [4.78, 5) is 22.4. The number of nitrogens with one attached hydrogen (secondary N) is 2. The Kier molecular flexibility index (Phi) is 6.01. The van der Waals surface area contributed by atoms with Crippen LogP contribution in [0.4, 0.5) is 10.5 Å². The standard InChI is InChI=1S/C12H16N2O4S/c1-18-10-7-8(3-4-9(10)11(15)16)14-12(17)13-5-6-19-2/h3-4,7H,5-6H2,1-2H3,(H,15,16)(H2,13,14,17). The van der Waals surface area contributed by atoms with Crippen molar-refractivity contribution in [3.63, 3.8) is 0 Å². The van der Waals surface area contributed by atoms with Gasteiger partial charge in [-0.2, -0.15) is 11.8 Å². The van der Waals surface area contributed by atoms with Crippen molar-refractivity contribution in [2.75, 3.05) is 31.0 Å². The van der Waals surface area contributed by atoms with Crippen molar-refractivity contribution in [2.45, 2.75) is 0 Å². The van der Waals surface area contributed by atoms with Gasteiger partial charge in [-0.15, -0.1) is 0 Å². The molecule has 1 aromatic carbocycles. The number of hydrogen-bond acceptors (Lipinski definition) is 4. The lowest BCUT2D eigenvalue weighted by molar-refractivity contribution is 0.0693. The Morgan fingerprint density at radius 1 is 1.42 bits per heavy atom. The molecule has 0 spiro atoms. The van der Waals surface area contributed by atoms with E-state index in [1.165, 1.54) is 25.3 Å². The number of amides is 2. The number of carboxylic acid groups (broad SMARTS) is 1. The average molecular weight is 284 g/mol. The van der Waals surface area contributed by atoms with Crippen LogP contribution in [0.3, 0.4) is 0 Å². The fourth-order valence-electron chi connectivity index (χ4n) is 1.39. The van der Waals surface area contributed by atoms with Crippen LogP contribution < -0.4 is 15.4 Å². The van der Waals surface area contributed by atoms with Gasteiger partial charge in [0.25, 0.3) is 0 Å². The summed E-state index contributed by atoms with van der Waals surface area (Å²) in [6.07, 6.45) is 1.95. The van der Waals surface area contributed by atoms with Crippen LogP contribution in [-0.2, 0) is 0 Å². The summed E-state index contributed by atoms with van der Waals surface area (Å²) in [6, 6.07) is 4.04. The van der Waals surface area contributed by atoms with E-state index in [1.807, 2.05) is 6.26 Å². The fraction of sp³-hybridized carbons (Fsp3) is 0.333. The van der Waals surface area contributed by atoms with E-state index in [-0.39, 0.29) is 17.3 Å². The molecule has 19 heavy (non-hydrogen) atoms. The lowest BCUT2D eigenvalue weighted by Gasteiger charge is -2.10. The molecule has 1 aromatic rings. The molecule has 1 rings (SSSR count). The lowest BCUT2D eigenvalue weighted by atomic mass is 10.2. The van der Waals surface area contributed by atoms with Gasteiger partial charge in [0.2, 0.25) is 0 Å². The highest BCUT2D eigenvalue weighted by Gasteiger charge is 2.12. The summed E-state index contributed by atoms with van der Waals surface area (Å²) in [5, 5.41) is 14.2. The predicted octanol–water partition coefficient (Wildman–Crippen LogP) is 1.88. The van der Waals surface area contributed by atoms with Crippen LogP contribution in [0.5, 0.6) is 5.75 Å². The largest absolute Gasteiger partial charge is 0.496 e. The normalized spacial score (nSPS) is 9.79. The maximum atomic E-state index is 11.5. The second-order valence-electron chi connectivity index (χ2n) is 3.59. The lowest BCUT2D eigenvalue weighted by Crippen LogP contribution is -2.30. The molecule has 0 atom stereocenters. The van der Waals surface area contributed by atoms with Crippen molar-refractivity contribution >= 4 is 29.4 Å². The summed E-state index contributed by atoms with van der Waals surface area (Å²) in [5.41, 5.74) is 0.527. The number of methoxy groups -OCH3 is 1. The molecule has 0 unspecified atom stereocenters. The Morgan fingerprint density at radius 3 is 2.74 bits per heavy atom. The van der Waals surface area contributed by atoms with E-state index in [1.54, 1.807) is 11.8 Å². The highest BCUT2D eigenvalue weighted by atomic mass is 32.2. The first kappa shape index (κ1) is 15.2. The molecular weight excluding hydrogens is 268 g/mol. The van der Waals surface area contributed by atoms with Crippen LogP contribution in [0.15, 0.2) is 18.2 Å². The van der Waals surface area contributed by atoms with Crippen LogP contribution >= 0.6 is 11.8 Å². The third-order valence-electron chi connectivity index (χ3n) is 2.28. The van der Waals surface area contributed by atoms with Gasteiger partial charge in [0, 0.05) is 24.1 Å². The number of carboxylic acids is 1. The highest BCUT2D eigenvalue weighted by Crippen LogP contribution is 2.23. The van der Waals surface area contributed by atoms with Crippen molar-refractivity contribution < 1.29 is 19.4 Å². The first-order valence-electron chi connectivity index (χ1n) is 5.53. The zero-order chi connectivity index (χ0) is 14.3. The van der Waals surface area contributed by atoms with Crippen LogP contribution in [0.25, 0.3) is 0 Å². The minimum atomic E-state index is -1.08. The second kappa shape index (κ2) is 7.52. The number of anilines is 1. The summed E-state index contributed by atoms with van der Waals surface area (Å²) in [6.45, 7) is 0.567. The molecule has 0 aliphatic rings. The Bertz CT molecular complexity index is 465. The highest BCUT2D eigenvalue weighted by molar-refractivity contribution is 7.98. The van der Waals surface area contributed by atoms with E-state index in [4.69, 9.17) is 9.84 Å². The SMILES string of the molecule is COc1cc(NC(=O)NCCSC)ccc1C(=O)O. The van der Waals surface area contributed by atoms with Gasteiger partial charge >= 0.3 is 12.0 Å². The van der Waals surface area contributed by atoms with Crippen LogP contribution in [0.1, 0.15) is 10.4 Å². The van der Waals surface area contributed by atoms with E-state index < -0.39 is 5.97 Å². The number of aromatic carboxylic acids is 1. The molecule has 6 nitrogen and oxygen atoms in total. The first-order chi connectivity index (χ1) is 9.08. The molecule has 104 valence electrons. The Labute approximate surface area is 115 Å². The van der Waals surface area contributed by atoms with Gasteiger partial charge in [0.1, 0.15) is 11.3 Å². The van der Waals surface area contributed by atoms with Gasteiger partial charge in [0.15, 0.2) is 0 Å². The van der Waals surface area contributed by atoms with E-state index >= 15 is 0 Å². The predicted molar refractivity (Wildman–Crippen MR) is 75.4 cm³/mol. The van der Waals surface area contributed by atoms with Crippen molar-refractivity contribution in [3.05, 3.63) is 23.8 Å². The molecule has 0 aliphatic heterocycles. The minimum absolute atomic E-state index is 0.0517. The molecular formula is C12H16N2O4S. The number of thioether (sulfide) groups is 1. The van der Waals surface area contributed by atoms with Crippen molar-refractivity contribution in [1.29, 1.82) is 0 Å². The van der Waals surface area contributed by atoms with Crippen molar-refractivity contribution in [3.8, 4) is 5.75 Å². The molecule has 0 saturated carbocycles. The zero-order valence-electron chi connectivity index (χ0n) is 10.7. The minimum Gasteiger partial charge on any atom is -0.496 e. The number of rotatable bonds is 6. The van der Waals surface area contributed by atoms with Crippen molar-refractivity contribution in [2.24, 2.45) is 0 Å². The molecule has 0 radical (unpaired) electrons. The molecule has 0 aromatic heterocycles. The first-order valence-corrected chi connectivity index (χ1v) is 6.93. The van der Waals surface area contributed by atoms with Crippen LogP contribution in [0.2, 0.25) is 0 Å². The Balaban J connectivity index is 2.69. The average Bonchev–Trinajstić information content (AvgIpc) is 2.38. The van der Waals surface area contributed by atoms with E-state index in [9.17, 15) is 9.59 Å². The number of carbonyl (C=O) groups excluding carboxylic acids is 1. The fourth-order valence-corrected chi connectivity index (χ4v) is 1.69. The van der Waals surface area contributed by atoms with Gasteiger partial charge in [-0.3, -0.25) is 0 Å². The number of urea groups is 1. The monoisotopic (exact) mass is 284 g/mol. The third kappa shape index (κ3) is 4.70.